The average Bonchev–Trinajstić information content (AvgIpc) is 3.74. The molecule has 0 aliphatic carbocycles. The van der Waals surface area contributed by atoms with Crippen molar-refractivity contribution in [1.82, 2.24) is 15.0 Å². The van der Waals surface area contributed by atoms with Crippen LogP contribution in [0.4, 0.5) is 0 Å². The van der Waals surface area contributed by atoms with Gasteiger partial charge in [-0.2, -0.15) is 0 Å². The zero-order chi connectivity index (χ0) is 33.0. The molecule has 0 aliphatic heterocycles. The number of hydrogen-bond donors (Lipinski definition) is 0. The van der Waals surface area contributed by atoms with Crippen LogP contribution in [0.3, 0.4) is 0 Å². The number of para-hydroxylation sites is 1. The van der Waals surface area contributed by atoms with Gasteiger partial charge in [0.2, 0.25) is 0 Å². The van der Waals surface area contributed by atoms with E-state index in [9.17, 15) is 0 Å². The van der Waals surface area contributed by atoms with Crippen molar-refractivity contribution in [2.45, 2.75) is 0 Å². The molecule has 10 rings (SSSR count). The Morgan fingerprint density at radius 3 is 1.46 bits per heavy atom. The first kappa shape index (κ1) is 28.2. The van der Waals surface area contributed by atoms with E-state index in [0.29, 0.717) is 17.5 Å². The van der Waals surface area contributed by atoms with Gasteiger partial charge in [-0.3, -0.25) is 0 Å². The minimum absolute atomic E-state index is 0.618. The lowest BCUT2D eigenvalue weighted by Gasteiger charge is -2.10. The molecular formula is C45H27N3O2. The first-order chi connectivity index (χ1) is 24.7. The van der Waals surface area contributed by atoms with E-state index < -0.39 is 0 Å². The monoisotopic (exact) mass is 641 g/mol. The lowest BCUT2D eigenvalue weighted by atomic mass is 10.00. The van der Waals surface area contributed by atoms with E-state index in [1.807, 2.05) is 66.7 Å². The molecule has 0 saturated carbocycles. The number of rotatable bonds is 5. The van der Waals surface area contributed by atoms with Crippen molar-refractivity contribution >= 4 is 43.9 Å². The second-order valence-corrected chi connectivity index (χ2v) is 12.5. The maximum Gasteiger partial charge on any atom is 0.164 e. The third kappa shape index (κ3) is 4.83. The Hall–Kier alpha value is -6.85. The number of benzene rings is 7. The molecule has 0 aliphatic rings. The van der Waals surface area contributed by atoms with Gasteiger partial charge in [0.05, 0.1) is 0 Å². The molecule has 0 bridgehead atoms. The van der Waals surface area contributed by atoms with Gasteiger partial charge in [0.1, 0.15) is 22.3 Å². The van der Waals surface area contributed by atoms with Gasteiger partial charge < -0.3 is 8.83 Å². The molecule has 0 amide bonds. The van der Waals surface area contributed by atoms with Gasteiger partial charge >= 0.3 is 0 Å². The topological polar surface area (TPSA) is 65.0 Å². The summed E-state index contributed by atoms with van der Waals surface area (Å²) in [4.78, 5) is 14.9. The van der Waals surface area contributed by atoms with E-state index in [2.05, 4.69) is 97.1 Å². The van der Waals surface area contributed by atoms with Gasteiger partial charge in [0.25, 0.3) is 0 Å². The van der Waals surface area contributed by atoms with Crippen molar-refractivity contribution < 1.29 is 8.83 Å². The summed E-state index contributed by atoms with van der Waals surface area (Å²) in [6.45, 7) is 0. The summed E-state index contributed by atoms with van der Waals surface area (Å²) in [7, 11) is 0. The summed E-state index contributed by atoms with van der Waals surface area (Å²) < 4.78 is 12.4. The fourth-order valence-electron chi connectivity index (χ4n) is 6.81. The molecule has 50 heavy (non-hydrogen) atoms. The summed E-state index contributed by atoms with van der Waals surface area (Å²) in [5.41, 5.74) is 10.6. The molecule has 0 N–H and O–H groups in total. The Bertz CT molecular complexity index is 2850. The van der Waals surface area contributed by atoms with Crippen molar-refractivity contribution in [3.8, 4) is 56.4 Å². The predicted molar refractivity (Wildman–Crippen MR) is 202 cm³/mol. The molecule has 0 saturated heterocycles. The van der Waals surface area contributed by atoms with Gasteiger partial charge in [0.15, 0.2) is 17.5 Å². The third-order valence-electron chi connectivity index (χ3n) is 9.34. The molecule has 3 heterocycles. The van der Waals surface area contributed by atoms with Gasteiger partial charge in [-0.05, 0) is 52.6 Å². The van der Waals surface area contributed by atoms with E-state index >= 15 is 0 Å². The van der Waals surface area contributed by atoms with Crippen LogP contribution in [0, 0.1) is 0 Å². The van der Waals surface area contributed by atoms with Crippen LogP contribution >= 0.6 is 0 Å². The highest BCUT2D eigenvalue weighted by Crippen LogP contribution is 2.38. The minimum atomic E-state index is 0.618. The van der Waals surface area contributed by atoms with Crippen molar-refractivity contribution in [3.05, 3.63) is 164 Å². The van der Waals surface area contributed by atoms with E-state index in [4.69, 9.17) is 23.8 Å². The highest BCUT2D eigenvalue weighted by molar-refractivity contribution is 6.15. The Morgan fingerprint density at radius 2 is 0.720 bits per heavy atom. The molecule has 234 valence electrons. The first-order valence-corrected chi connectivity index (χ1v) is 16.6. The third-order valence-corrected chi connectivity index (χ3v) is 9.34. The van der Waals surface area contributed by atoms with Crippen LogP contribution in [-0.2, 0) is 0 Å². The molecule has 5 nitrogen and oxygen atoms in total. The Labute approximate surface area is 287 Å². The van der Waals surface area contributed by atoms with Crippen LogP contribution in [0.15, 0.2) is 173 Å². The maximum absolute atomic E-state index is 6.30. The number of fused-ring (bicyclic) bond motifs is 6. The Balaban J connectivity index is 1.07. The molecule has 0 unspecified atom stereocenters. The summed E-state index contributed by atoms with van der Waals surface area (Å²) in [6.07, 6.45) is 0. The summed E-state index contributed by atoms with van der Waals surface area (Å²) >= 11 is 0. The van der Waals surface area contributed by atoms with E-state index in [1.54, 1.807) is 0 Å². The predicted octanol–water partition coefficient (Wildman–Crippen LogP) is 12.0. The number of hydrogen-bond acceptors (Lipinski definition) is 5. The second-order valence-electron chi connectivity index (χ2n) is 12.5. The zero-order valence-electron chi connectivity index (χ0n) is 26.7. The van der Waals surface area contributed by atoms with E-state index in [-0.39, 0.29) is 0 Å². The van der Waals surface area contributed by atoms with Gasteiger partial charge in [-0.15, -0.1) is 0 Å². The zero-order valence-corrected chi connectivity index (χ0v) is 26.7. The van der Waals surface area contributed by atoms with Crippen LogP contribution in [-0.4, -0.2) is 15.0 Å². The first-order valence-electron chi connectivity index (χ1n) is 16.6. The van der Waals surface area contributed by atoms with Gasteiger partial charge in [-0.25, -0.2) is 15.0 Å². The second kappa shape index (κ2) is 11.4. The number of furan rings is 2. The van der Waals surface area contributed by atoms with Crippen LogP contribution in [0.25, 0.3) is 100 Å². The van der Waals surface area contributed by atoms with Gasteiger partial charge in [0, 0.05) is 44.3 Å². The molecule has 0 spiro atoms. The van der Waals surface area contributed by atoms with E-state index in [1.165, 1.54) is 5.56 Å². The van der Waals surface area contributed by atoms with Crippen LogP contribution in [0.1, 0.15) is 0 Å². The lowest BCUT2D eigenvalue weighted by molar-refractivity contribution is 0.656. The van der Waals surface area contributed by atoms with Crippen LogP contribution in [0.5, 0.6) is 0 Å². The van der Waals surface area contributed by atoms with Crippen molar-refractivity contribution in [2.24, 2.45) is 0 Å². The quantitative estimate of drug-likeness (QED) is 0.187. The Morgan fingerprint density at radius 1 is 0.260 bits per heavy atom. The molecule has 0 fully saturated rings. The van der Waals surface area contributed by atoms with Crippen molar-refractivity contribution in [1.29, 1.82) is 0 Å². The Kier molecular flexibility index (Phi) is 6.42. The average molecular weight is 642 g/mol. The molecule has 7 aromatic carbocycles. The normalized spacial score (nSPS) is 11.6. The van der Waals surface area contributed by atoms with Crippen molar-refractivity contribution in [2.75, 3.05) is 0 Å². The molecule has 0 radical (unpaired) electrons. The fraction of sp³-hybridized carbons (Fsp3) is 0. The largest absolute Gasteiger partial charge is 0.456 e. The van der Waals surface area contributed by atoms with Crippen molar-refractivity contribution in [3.63, 3.8) is 0 Å². The fourth-order valence-corrected chi connectivity index (χ4v) is 6.81. The standard InChI is InChI=1S/C45H27N3O2/c1-3-10-28(11-4-1)29-18-20-31(21-19-29)44-46-43(30-12-5-2-6-13-30)47-45(48-44)34-15-9-14-32(24-34)33-22-23-40-36(25-33)38-26-37-35-16-7-8-17-39(35)49-41(37)27-42(38)50-40/h1-27H. The summed E-state index contributed by atoms with van der Waals surface area (Å²) in [5, 5.41) is 4.30. The van der Waals surface area contributed by atoms with E-state index in [0.717, 1.165) is 77.3 Å². The number of nitrogens with zero attached hydrogens (tertiary/aromatic N) is 3. The molecule has 10 aromatic rings. The van der Waals surface area contributed by atoms with Gasteiger partial charge in [-0.1, -0.05) is 127 Å². The summed E-state index contributed by atoms with van der Waals surface area (Å²) in [5.74, 6) is 1.88. The maximum atomic E-state index is 6.30. The summed E-state index contributed by atoms with van der Waals surface area (Å²) in [6, 6.07) is 55.9. The highest BCUT2D eigenvalue weighted by atomic mass is 16.3. The lowest BCUT2D eigenvalue weighted by Crippen LogP contribution is -2.00. The molecule has 3 aromatic heterocycles. The number of aromatic nitrogens is 3. The van der Waals surface area contributed by atoms with Crippen LogP contribution in [0.2, 0.25) is 0 Å². The van der Waals surface area contributed by atoms with Crippen LogP contribution < -0.4 is 0 Å². The molecule has 5 heteroatoms. The SMILES string of the molecule is c1ccc(-c2ccc(-c3nc(-c4ccccc4)nc(-c4cccc(-c5ccc6oc7cc8oc9ccccc9c8cc7c6c5)c4)n3)cc2)cc1. The molecular weight excluding hydrogens is 615 g/mol. The molecule has 0 atom stereocenters. The minimum Gasteiger partial charge on any atom is -0.456 e. The highest BCUT2D eigenvalue weighted by Gasteiger charge is 2.16. The smallest absolute Gasteiger partial charge is 0.164 e.